The fourth-order valence-corrected chi connectivity index (χ4v) is 0.563. The molecular formula is C11H19OU-. The Morgan fingerprint density at radius 1 is 1.08 bits per heavy atom. The molecule has 0 spiro atoms. The van der Waals surface area contributed by atoms with Crippen molar-refractivity contribution >= 4 is 0 Å². The minimum absolute atomic E-state index is 0. The molecule has 0 aliphatic heterocycles. The Bertz CT molecular complexity index is 166. The fraction of sp³-hybridized carbons (Fsp3) is 0.364. The summed E-state index contributed by atoms with van der Waals surface area (Å²) < 4.78 is 0. The van der Waals surface area contributed by atoms with Gasteiger partial charge in [-0.1, -0.05) is 32.0 Å². The van der Waals surface area contributed by atoms with E-state index < -0.39 is 0 Å². The molecule has 1 nitrogen and oxygen atoms in total. The van der Waals surface area contributed by atoms with Gasteiger partial charge in [0.2, 0.25) is 0 Å². The average Bonchev–Trinajstić information content (AvgIpc) is 2.17. The first-order chi connectivity index (χ1) is 5.80. The molecule has 74 valence electrons. The van der Waals surface area contributed by atoms with Gasteiger partial charge in [0.1, 0.15) is 5.75 Å². The van der Waals surface area contributed by atoms with Crippen molar-refractivity contribution in [1.29, 1.82) is 0 Å². The molecule has 0 aromatic heterocycles. The van der Waals surface area contributed by atoms with Crippen LogP contribution in [0, 0.1) is 45.0 Å². The second-order valence-corrected chi connectivity index (χ2v) is 1.79. The van der Waals surface area contributed by atoms with E-state index in [1.165, 1.54) is 0 Å². The van der Waals surface area contributed by atoms with Crippen LogP contribution in [0.1, 0.15) is 26.3 Å². The third kappa shape index (κ3) is 9.99. The summed E-state index contributed by atoms with van der Waals surface area (Å²) in [5.41, 5.74) is 0.924. The van der Waals surface area contributed by atoms with E-state index in [1.807, 2.05) is 39.0 Å². The van der Waals surface area contributed by atoms with Gasteiger partial charge in [0, 0.05) is 31.1 Å². The average molecular weight is 405 g/mol. The SMILES string of the molecule is CC.Cc1ccccc1O.[CH2-]C.[U]. The van der Waals surface area contributed by atoms with Gasteiger partial charge in [-0.3, -0.25) is 0 Å². The monoisotopic (exact) mass is 405 g/mol. The zero-order chi connectivity index (χ0) is 9.98. The number of rotatable bonds is 0. The van der Waals surface area contributed by atoms with Crippen LogP contribution in [0.2, 0.25) is 0 Å². The van der Waals surface area contributed by atoms with Crippen molar-refractivity contribution in [3.8, 4) is 5.75 Å². The molecule has 0 radical (unpaired) electrons. The molecule has 1 aromatic carbocycles. The predicted molar refractivity (Wildman–Crippen MR) is 55.2 cm³/mol. The first-order valence-electron chi connectivity index (χ1n) is 4.26. The van der Waals surface area contributed by atoms with Crippen LogP contribution in [-0.4, -0.2) is 5.11 Å². The van der Waals surface area contributed by atoms with Gasteiger partial charge in [-0.2, -0.15) is 6.92 Å². The van der Waals surface area contributed by atoms with Crippen molar-refractivity contribution in [2.24, 2.45) is 0 Å². The zero-order valence-electron chi connectivity index (χ0n) is 8.96. The zero-order valence-corrected chi connectivity index (χ0v) is 13.1. The minimum atomic E-state index is 0. The number of aryl methyl sites for hydroxylation is 1. The number of benzene rings is 1. The van der Waals surface area contributed by atoms with E-state index >= 15 is 0 Å². The molecular weight excluding hydrogens is 386 g/mol. The Balaban J connectivity index is -0.000000178. The smallest absolute Gasteiger partial charge is 0.118 e. The molecule has 0 aliphatic rings. The largest absolute Gasteiger partial charge is 0.508 e. The van der Waals surface area contributed by atoms with Gasteiger partial charge in [0.05, 0.1) is 0 Å². The molecule has 0 saturated heterocycles. The van der Waals surface area contributed by atoms with Gasteiger partial charge < -0.3 is 12.0 Å². The molecule has 0 amide bonds. The molecule has 0 aliphatic carbocycles. The van der Waals surface area contributed by atoms with Crippen LogP contribution in [0.3, 0.4) is 0 Å². The van der Waals surface area contributed by atoms with Crippen LogP contribution < -0.4 is 0 Å². The quantitative estimate of drug-likeness (QED) is 0.655. The molecule has 0 bridgehead atoms. The third-order valence-corrected chi connectivity index (χ3v) is 1.12. The third-order valence-electron chi connectivity index (χ3n) is 1.12. The molecule has 1 N–H and O–H groups in total. The maximum atomic E-state index is 8.92. The van der Waals surface area contributed by atoms with Crippen LogP contribution in [0.4, 0.5) is 0 Å². The number of phenolic OH excluding ortho intramolecular Hbond substituents is 1. The van der Waals surface area contributed by atoms with Crippen LogP contribution in [0.25, 0.3) is 0 Å². The predicted octanol–water partition coefficient (Wildman–Crippen LogP) is 3.57. The van der Waals surface area contributed by atoms with E-state index in [4.69, 9.17) is 5.11 Å². The summed E-state index contributed by atoms with van der Waals surface area (Å²) in [6.45, 7) is 10.9. The van der Waals surface area contributed by atoms with Gasteiger partial charge in [0.25, 0.3) is 0 Å². The number of hydrogen-bond acceptors (Lipinski definition) is 1. The topological polar surface area (TPSA) is 20.2 Å². The van der Waals surface area contributed by atoms with Crippen molar-refractivity contribution in [2.75, 3.05) is 0 Å². The Kier molecular flexibility index (Phi) is 21.1. The molecule has 0 heterocycles. The Hall–Kier alpha value is 0.0719. The van der Waals surface area contributed by atoms with E-state index in [0.717, 1.165) is 5.56 Å². The standard InChI is InChI=1S/C7H8O.C2H6.C2H5.U/c1-6-4-2-3-5-7(6)8;2*1-2;/h2-5,8H,1H3;1-2H3;1H2,2H3;/q;;-1;. The summed E-state index contributed by atoms with van der Waals surface area (Å²) in [6, 6.07) is 7.25. The minimum Gasteiger partial charge on any atom is -0.508 e. The van der Waals surface area contributed by atoms with Gasteiger partial charge in [-0.05, 0) is 18.6 Å². The maximum absolute atomic E-state index is 8.92. The van der Waals surface area contributed by atoms with Crippen molar-refractivity contribution in [2.45, 2.75) is 27.7 Å². The Morgan fingerprint density at radius 3 is 1.69 bits per heavy atom. The molecule has 0 saturated carbocycles. The first kappa shape index (κ1) is 18.8. The van der Waals surface area contributed by atoms with Crippen LogP contribution in [0.15, 0.2) is 24.3 Å². The van der Waals surface area contributed by atoms with Crippen molar-refractivity contribution in [3.63, 3.8) is 0 Å². The van der Waals surface area contributed by atoms with Gasteiger partial charge in [0.15, 0.2) is 0 Å². The molecule has 1 rings (SSSR count). The van der Waals surface area contributed by atoms with Crippen LogP contribution in [-0.2, 0) is 0 Å². The van der Waals surface area contributed by atoms with E-state index in [0.29, 0.717) is 5.75 Å². The van der Waals surface area contributed by atoms with Crippen LogP contribution >= 0.6 is 0 Å². The number of para-hydroxylation sites is 1. The molecule has 0 atom stereocenters. The summed E-state index contributed by atoms with van der Waals surface area (Å²) in [5, 5.41) is 8.92. The van der Waals surface area contributed by atoms with E-state index in [-0.39, 0.29) is 31.1 Å². The van der Waals surface area contributed by atoms with Crippen molar-refractivity contribution in [3.05, 3.63) is 36.8 Å². The van der Waals surface area contributed by atoms with Gasteiger partial charge in [-0.15, -0.1) is 0 Å². The molecule has 1 aromatic rings. The first-order valence-corrected chi connectivity index (χ1v) is 4.26. The second kappa shape index (κ2) is 14.6. The maximum Gasteiger partial charge on any atom is 0.118 e. The molecule has 0 unspecified atom stereocenters. The van der Waals surface area contributed by atoms with E-state index in [9.17, 15) is 0 Å². The fourth-order valence-electron chi connectivity index (χ4n) is 0.563. The van der Waals surface area contributed by atoms with E-state index in [2.05, 4.69) is 6.92 Å². The second-order valence-electron chi connectivity index (χ2n) is 1.79. The Labute approximate surface area is 106 Å². The van der Waals surface area contributed by atoms with Crippen molar-refractivity contribution in [1.82, 2.24) is 0 Å². The Morgan fingerprint density at radius 2 is 1.46 bits per heavy atom. The summed E-state index contributed by atoms with van der Waals surface area (Å²) in [5.74, 6) is 0.368. The summed E-state index contributed by atoms with van der Waals surface area (Å²) >= 11 is 0. The van der Waals surface area contributed by atoms with Gasteiger partial charge in [-0.25, -0.2) is 0 Å². The normalized spacial score (nSPS) is 6.54. The number of aromatic hydroxyl groups is 1. The number of phenols is 1. The number of hydrogen-bond donors (Lipinski definition) is 1. The molecule has 2 heteroatoms. The van der Waals surface area contributed by atoms with Gasteiger partial charge >= 0.3 is 0 Å². The molecule has 0 fully saturated rings. The van der Waals surface area contributed by atoms with Crippen LogP contribution in [0.5, 0.6) is 5.75 Å². The summed E-state index contributed by atoms with van der Waals surface area (Å²) in [6.07, 6.45) is 0. The van der Waals surface area contributed by atoms with Crippen molar-refractivity contribution < 1.29 is 36.2 Å². The summed E-state index contributed by atoms with van der Waals surface area (Å²) in [7, 11) is 0. The summed E-state index contributed by atoms with van der Waals surface area (Å²) in [4.78, 5) is 0. The molecule has 13 heavy (non-hydrogen) atoms. The van der Waals surface area contributed by atoms with E-state index in [1.54, 1.807) is 13.0 Å².